The molecule has 0 spiro atoms. The van der Waals surface area contributed by atoms with Gasteiger partial charge in [0, 0.05) is 19.2 Å². The van der Waals surface area contributed by atoms with Crippen LogP contribution in [0.25, 0.3) is 0 Å². The van der Waals surface area contributed by atoms with E-state index in [1.54, 1.807) is 12.3 Å². The molecule has 0 aromatic carbocycles. The second-order valence-electron chi connectivity index (χ2n) is 3.35. The summed E-state index contributed by atoms with van der Waals surface area (Å²) in [6, 6.07) is 1.64. The predicted molar refractivity (Wildman–Crippen MR) is 57.7 cm³/mol. The molecule has 88 valence electrons. The lowest BCUT2D eigenvalue weighted by Gasteiger charge is -2.04. The number of carboxylic acid groups (broad SMARTS) is 2. The molecule has 1 heterocycles. The van der Waals surface area contributed by atoms with Crippen molar-refractivity contribution < 1.29 is 19.8 Å². The Labute approximate surface area is 92.3 Å². The number of hydrogen-bond donors (Lipinski definition) is 4. The Morgan fingerprint density at radius 3 is 2.69 bits per heavy atom. The maximum Gasteiger partial charge on any atom is 0.354 e. The minimum Gasteiger partial charge on any atom is -0.481 e. The van der Waals surface area contributed by atoms with Crippen LogP contribution in [-0.4, -0.2) is 33.7 Å². The average Bonchev–Trinajstić information content (AvgIpc) is 2.65. The summed E-state index contributed by atoms with van der Waals surface area (Å²) in [6.45, 7) is 0.561. The zero-order valence-corrected chi connectivity index (χ0v) is 8.69. The van der Waals surface area contributed by atoms with E-state index >= 15 is 0 Å². The topological polar surface area (TPSA) is 102 Å². The summed E-state index contributed by atoms with van der Waals surface area (Å²) >= 11 is 0. The van der Waals surface area contributed by atoms with Crippen molar-refractivity contribution in [2.45, 2.75) is 19.3 Å². The number of rotatable bonds is 7. The summed E-state index contributed by atoms with van der Waals surface area (Å²) in [5, 5.41) is 20.1. The SMILES string of the molecule is O=C(O)CCCCNc1cc[nH]c1C(=O)O. The number of aromatic amines is 1. The Bertz CT molecular complexity index is 373. The number of anilines is 1. The molecule has 0 saturated heterocycles. The van der Waals surface area contributed by atoms with Gasteiger partial charge in [-0.1, -0.05) is 0 Å². The summed E-state index contributed by atoms with van der Waals surface area (Å²) in [5.41, 5.74) is 0.654. The lowest BCUT2D eigenvalue weighted by molar-refractivity contribution is -0.137. The van der Waals surface area contributed by atoms with E-state index in [0.29, 0.717) is 25.1 Å². The second-order valence-corrected chi connectivity index (χ2v) is 3.35. The summed E-state index contributed by atoms with van der Waals surface area (Å²) in [7, 11) is 0. The fourth-order valence-electron chi connectivity index (χ4n) is 1.32. The molecule has 6 nitrogen and oxygen atoms in total. The largest absolute Gasteiger partial charge is 0.481 e. The first-order chi connectivity index (χ1) is 7.61. The van der Waals surface area contributed by atoms with E-state index in [1.165, 1.54) is 0 Å². The van der Waals surface area contributed by atoms with Crippen LogP contribution in [0, 0.1) is 0 Å². The first-order valence-corrected chi connectivity index (χ1v) is 4.97. The van der Waals surface area contributed by atoms with Gasteiger partial charge in [0.15, 0.2) is 0 Å². The van der Waals surface area contributed by atoms with Gasteiger partial charge in [-0.2, -0.15) is 0 Å². The summed E-state index contributed by atoms with van der Waals surface area (Å²) in [6.07, 6.45) is 2.95. The Kier molecular flexibility index (Phi) is 4.38. The molecule has 0 bridgehead atoms. The van der Waals surface area contributed by atoms with E-state index in [2.05, 4.69) is 10.3 Å². The Morgan fingerprint density at radius 2 is 2.06 bits per heavy atom. The number of nitrogens with one attached hydrogen (secondary N) is 2. The number of carboxylic acids is 2. The Morgan fingerprint density at radius 1 is 1.31 bits per heavy atom. The smallest absolute Gasteiger partial charge is 0.354 e. The first kappa shape index (κ1) is 12.1. The van der Waals surface area contributed by atoms with Crippen molar-refractivity contribution in [3.05, 3.63) is 18.0 Å². The summed E-state index contributed by atoms with van der Waals surface area (Å²) in [4.78, 5) is 23.6. The van der Waals surface area contributed by atoms with Gasteiger partial charge in [0.05, 0.1) is 5.69 Å². The van der Waals surface area contributed by atoms with Crippen molar-refractivity contribution in [2.75, 3.05) is 11.9 Å². The zero-order valence-electron chi connectivity index (χ0n) is 8.69. The van der Waals surface area contributed by atoms with E-state index in [-0.39, 0.29) is 12.1 Å². The van der Waals surface area contributed by atoms with Crippen LogP contribution < -0.4 is 5.32 Å². The molecule has 1 rings (SSSR count). The van der Waals surface area contributed by atoms with Gasteiger partial charge in [-0.3, -0.25) is 4.79 Å². The first-order valence-electron chi connectivity index (χ1n) is 4.97. The van der Waals surface area contributed by atoms with E-state index < -0.39 is 11.9 Å². The van der Waals surface area contributed by atoms with Gasteiger partial charge in [-0.25, -0.2) is 4.79 Å². The molecule has 0 atom stereocenters. The molecule has 16 heavy (non-hydrogen) atoms. The maximum atomic E-state index is 10.7. The molecule has 0 unspecified atom stereocenters. The zero-order chi connectivity index (χ0) is 12.0. The van der Waals surface area contributed by atoms with E-state index in [1.807, 2.05) is 0 Å². The number of aromatic carboxylic acids is 1. The van der Waals surface area contributed by atoms with E-state index in [9.17, 15) is 9.59 Å². The minimum absolute atomic E-state index is 0.123. The van der Waals surface area contributed by atoms with E-state index in [0.717, 1.165) is 0 Å². The summed E-state index contributed by atoms with van der Waals surface area (Å²) < 4.78 is 0. The molecule has 0 fully saturated rings. The molecular formula is C10H14N2O4. The van der Waals surface area contributed by atoms with Crippen LogP contribution in [0.4, 0.5) is 5.69 Å². The minimum atomic E-state index is -1.02. The number of hydrogen-bond acceptors (Lipinski definition) is 3. The van der Waals surface area contributed by atoms with Gasteiger partial charge < -0.3 is 20.5 Å². The molecule has 0 radical (unpaired) electrons. The van der Waals surface area contributed by atoms with Gasteiger partial charge in [-0.15, -0.1) is 0 Å². The molecule has 4 N–H and O–H groups in total. The number of unbranched alkanes of at least 4 members (excludes halogenated alkanes) is 1. The van der Waals surface area contributed by atoms with Gasteiger partial charge in [0.2, 0.25) is 0 Å². The number of aromatic nitrogens is 1. The molecule has 0 aliphatic rings. The number of aliphatic carboxylic acids is 1. The van der Waals surface area contributed by atoms with Crippen molar-refractivity contribution >= 4 is 17.6 Å². The quantitative estimate of drug-likeness (QED) is 0.526. The van der Waals surface area contributed by atoms with Gasteiger partial charge in [0.25, 0.3) is 0 Å². The van der Waals surface area contributed by atoms with Crippen LogP contribution in [0.3, 0.4) is 0 Å². The molecule has 1 aromatic heterocycles. The van der Waals surface area contributed by atoms with Crippen LogP contribution in [0.1, 0.15) is 29.8 Å². The molecular weight excluding hydrogens is 212 g/mol. The van der Waals surface area contributed by atoms with Crippen molar-refractivity contribution in [1.29, 1.82) is 0 Å². The summed E-state index contributed by atoms with van der Waals surface area (Å²) in [5.74, 6) is -1.83. The van der Waals surface area contributed by atoms with Crippen LogP contribution in [-0.2, 0) is 4.79 Å². The van der Waals surface area contributed by atoms with Crippen molar-refractivity contribution in [3.63, 3.8) is 0 Å². The third kappa shape index (κ3) is 3.64. The Hall–Kier alpha value is -1.98. The van der Waals surface area contributed by atoms with Gasteiger partial charge in [0.1, 0.15) is 5.69 Å². The van der Waals surface area contributed by atoms with Crippen LogP contribution in [0.5, 0.6) is 0 Å². The van der Waals surface area contributed by atoms with Crippen molar-refractivity contribution in [1.82, 2.24) is 4.98 Å². The highest BCUT2D eigenvalue weighted by atomic mass is 16.4. The molecule has 6 heteroatoms. The monoisotopic (exact) mass is 226 g/mol. The molecule has 0 aliphatic heterocycles. The Balaban J connectivity index is 2.29. The third-order valence-electron chi connectivity index (χ3n) is 2.09. The lowest BCUT2D eigenvalue weighted by Crippen LogP contribution is -2.07. The predicted octanol–water partition coefficient (Wildman–Crippen LogP) is 1.38. The van der Waals surface area contributed by atoms with Crippen molar-refractivity contribution in [3.8, 4) is 0 Å². The molecule has 0 aliphatic carbocycles. The van der Waals surface area contributed by atoms with Crippen molar-refractivity contribution in [2.24, 2.45) is 0 Å². The molecule has 0 saturated carbocycles. The average molecular weight is 226 g/mol. The van der Waals surface area contributed by atoms with Crippen LogP contribution in [0.15, 0.2) is 12.3 Å². The van der Waals surface area contributed by atoms with Gasteiger partial charge >= 0.3 is 11.9 Å². The third-order valence-corrected chi connectivity index (χ3v) is 2.09. The maximum absolute atomic E-state index is 10.7. The fraction of sp³-hybridized carbons (Fsp3) is 0.400. The molecule has 1 aromatic rings. The fourth-order valence-corrected chi connectivity index (χ4v) is 1.32. The highest BCUT2D eigenvalue weighted by molar-refractivity contribution is 5.92. The highest BCUT2D eigenvalue weighted by Gasteiger charge is 2.09. The van der Waals surface area contributed by atoms with Crippen LogP contribution >= 0.6 is 0 Å². The number of carbonyl (C=O) groups is 2. The lowest BCUT2D eigenvalue weighted by atomic mass is 10.2. The highest BCUT2D eigenvalue weighted by Crippen LogP contribution is 2.13. The van der Waals surface area contributed by atoms with E-state index in [4.69, 9.17) is 10.2 Å². The molecule has 0 amide bonds. The van der Waals surface area contributed by atoms with Crippen LogP contribution in [0.2, 0.25) is 0 Å². The van der Waals surface area contributed by atoms with Gasteiger partial charge in [-0.05, 0) is 18.9 Å². The normalized spacial score (nSPS) is 10.0. The number of H-pyrrole nitrogens is 1. The second kappa shape index (κ2) is 5.79. The standard InChI is InChI=1S/C10H14N2O4/c13-8(14)3-1-2-5-11-7-4-6-12-9(7)10(15)16/h4,6,11-12H,1-3,5H2,(H,13,14)(H,15,16).